The minimum Gasteiger partial charge on any atom is -0.373 e. The molecule has 3 heteroatoms. The first-order valence-electron chi connectivity index (χ1n) is 2.09. The Bertz CT molecular complexity index is 30.0. The Morgan fingerprint density at radius 2 is 2.00 bits per heavy atom. The molecule has 0 saturated carbocycles. The van der Waals surface area contributed by atoms with E-state index in [4.69, 9.17) is 4.74 Å². The fourth-order valence-corrected chi connectivity index (χ4v) is 0.0962. The van der Waals surface area contributed by atoms with E-state index in [-0.39, 0.29) is 0 Å². The molecule has 0 aliphatic carbocycles. The monoisotopic (exact) mass is 105 g/mol. The van der Waals surface area contributed by atoms with Crippen LogP contribution in [0.4, 0.5) is 0 Å². The van der Waals surface area contributed by atoms with Crippen molar-refractivity contribution in [2.45, 2.75) is 13.0 Å². The van der Waals surface area contributed by atoms with Gasteiger partial charge in [0.1, 0.15) is 0 Å². The summed E-state index contributed by atoms with van der Waals surface area (Å²) in [6.45, 7) is 3.04. The molecular formula is C3H11NOSi. The molecule has 1 rings (SSSR count). The molecule has 1 aliphatic heterocycles. The van der Waals surface area contributed by atoms with Gasteiger partial charge in [-0.3, -0.25) is 0 Å². The van der Waals surface area contributed by atoms with Gasteiger partial charge in [0.25, 0.3) is 0 Å². The average Bonchev–Trinajstić information content (AvgIpc) is 2.30. The maximum absolute atomic E-state index is 4.71. The molecule has 1 unspecified atom stereocenters. The fourth-order valence-electron chi connectivity index (χ4n) is 0.0962. The molecule has 38 valence electrons. The summed E-state index contributed by atoms with van der Waals surface area (Å²) >= 11 is 0. The summed E-state index contributed by atoms with van der Waals surface area (Å²) in [5.74, 6) is 0. The van der Waals surface area contributed by atoms with Crippen molar-refractivity contribution in [3.8, 4) is 0 Å². The second kappa shape index (κ2) is 3.33. The lowest BCUT2D eigenvalue weighted by Gasteiger charge is -1.50. The maximum atomic E-state index is 4.71. The summed E-state index contributed by atoms with van der Waals surface area (Å²) in [4.78, 5) is 0. The zero-order valence-corrected chi connectivity index (χ0v) is 6.27. The highest BCUT2D eigenvalue weighted by Gasteiger charge is 2.13. The van der Waals surface area contributed by atoms with Gasteiger partial charge in [0, 0.05) is 0 Å². The largest absolute Gasteiger partial charge is 0.373 e. The smallest absolute Gasteiger partial charge is 0.0781 e. The molecule has 1 saturated heterocycles. The highest BCUT2D eigenvalue weighted by Crippen LogP contribution is 2.04. The molecule has 2 N–H and O–H groups in total. The third kappa shape index (κ3) is 4.14. The average molecular weight is 105 g/mol. The number of hydrogen-bond acceptors (Lipinski definition) is 2. The van der Waals surface area contributed by atoms with Crippen LogP contribution in [0.15, 0.2) is 0 Å². The van der Waals surface area contributed by atoms with Gasteiger partial charge in [-0.1, -0.05) is 0 Å². The van der Waals surface area contributed by atoms with E-state index in [0.717, 1.165) is 17.0 Å². The van der Waals surface area contributed by atoms with E-state index in [2.05, 4.69) is 12.3 Å². The van der Waals surface area contributed by atoms with Crippen molar-refractivity contribution in [3.05, 3.63) is 0 Å². The Balaban J connectivity index is 0.000000112. The van der Waals surface area contributed by atoms with Crippen LogP contribution >= 0.6 is 0 Å². The predicted octanol–water partition coefficient (Wildman–Crippen LogP) is -1.37. The van der Waals surface area contributed by atoms with E-state index in [1.807, 2.05) is 0 Å². The summed E-state index contributed by atoms with van der Waals surface area (Å²) in [5, 5.41) is 4.64. The van der Waals surface area contributed by atoms with E-state index < -0.39 is 0 Å². The van der Waals surface area contributed by atoms with Crippen LogP contribution in [-0.4, -0.2) is 23.1 Å². The van der Waals surface area contributed by atoms with Gasteiger partial charge in [-0.25, -0.2) is 0 Å². The quantitative estimate of drug-likeness (QED) is 0.305. The van der Waals surface area contributed by atoms with Crippen molar-refractivity contribution in [1.82, 2.24) is 0 Å². The molecule has 1 fully saturated rings. The summed E-state index contributed by atoms with van der Waals surface area (Å²) in [6.07, 6.45) is 0.583. The molecule has 0 spiro atoms. The second-order valence-corrected chi connectivity index (χ2v) is 1.14. The van der Waals surface area contributed by atoms with E-state index in [1.54, 1.807) is 0 Å². The molecule has 1 atom stereocenters. The van der Waals surface area contributed by atoms with Gasteiger partial charge in [0.05, 0.1) is 23.1 Å². The van der Waals surface area contributed by atoms with Crippen molar-refractivity contribution in [3.63, 3.8) is 0 Å². The molecule has 0 bridgehead atoms. The van der Waals surface area contributed by atoms with E-state index >= 15 is 0 Å². The highest BCUT2D eigenvalue weighted by molar-refractivity contribution is 6.02. The zero-order chi connectivity index (χ0) is 4.99. The zero-order valence-electron chi connectivity index (χ0n) is 4.27. The van der Waals surface area contributed by atoms with Crippen LogP contribution in [0, 0.1) is 0 Å². The van der Waals surface area contributed by atoms with Gasteiger partial charge in [-0.15, -0.1) is 0 Å². The van der Waals surface area contributed by atoms with Crippen LogP contribution in [0.1, 0.15) is 6.92 Å². The molecule has 1 aliphatic rings. The van der Waals surface area contributed by atoms with Crippen molar-refractivity contribution in [2.24, 2.45) is 5.40 Å². The van der Waals surface area contributed by atoms with Crippen molar-refractivity contribution >= 4 is 10.4 Å². The number of nitrogens with two attached hydrogens (primary N) is 1. The molecule has 0 aromatic heterocycles. The number of epoxide rings is 1. The third-order valence-electron chi connectivity index (χ3n) is 0.500. The summed E-state index contributed by atoms with van der Waals surface area (Å²) in [5.41, 5.74) is 0. The number of hydrogen-bond donors (Lipinski definition) is 1. The maximum Gasteiger partial charge on any atom is 0.0781 e. The van der Waals surface area contributed by atoms with Crippen molar-refractivity contribution < 1.29 is 4.74 Å². The first kappa shape index (κ1) is 6.14. The minimum absolute atomic E-state index is 0.583. The SMILES string of the molecule is CC1CO1.N[SiH3]. The van der Waals surface area contributed by atoms with Crippen molar-refractivity contribution in [2.75, 3.05) is 6.61 Å². The third-order valence-corrected chi connectivity index (χ3v) is 0.500. The highest BCUT2D eigenvalue weighted by atomic mass is 28.2. The lowest BCUT2D eigenvalue weighted by atomic mass is 10.6. The van der Waals surface area contributed by atoms with Gasteiger partial charge in [0.15, 0.2) is 0 Å². The lowest BCUT2D eigenvalue weighted by Crippen LogP contribution is -1.75. The van der Waals surface area contributed by atoms with E-state index in [0.29, 0.717) is 6.10 Å². The Hall–Kier alpha value is 0.137. The molecule has 0 aromatic carbocycles. The number of rotatable bonds is 0. The Labute approximate surface area is 41.2 Å². The molecule has 6 heavy (non-hydrogen) atoms. The molecule has 0 amide bonds. The topological polar surface area (TPSA) is 38.5 Å². The van der Waals surface area contributed by atoms with E-state index in [9.17, 15) is 0 Å². The second-order valence-electron chi connectivity index (χ2n) is 1.14. The van der Waals surface area contributed by atoms with Crippen LogP contribution in [0.5, 0.6) is 0 Å². The first-order valence-corrected chi connectivity index (χ1v) is 3.24. The Morgan fingerprint density at radius 3 is 2.00 bits per heavy atom. The Morgan fingerprint density at radius 1 is 1.83 bits per heavy atom. The normalized spacial score (nSPS) is 28.0. The minimum atomic E-state index is 0.583. The van der Waals surface area contributed by atoms with Crippen molar-refractivity contribution in [1.29, 1.82) is 0 Å². The lowest BCUT2D eigenvalue weighted by molar-refractivity contribution is 0.423. The first-order chi connectivity index (χ1) is 2.89. The molecule has 1 heterocycles. The Kier molecular flexibility index (Phi) is 3.41. The van der Waals surface area contributed by atoms with Crippen LogP contribution in [0.3, 0.4) is 0 Å². The number of ether oxygens (including phenoxy) is 1. The van der Waals surface area contributed by atoms with Gasteiger partial charge in [0.2, 0.25) is 0 Å². The molecular weight excluding hydrogens is 94.1 g/mol. The van der Waals surface area contributed by atoms with Gasteiger partial charge >= 0.3 is 0 Å². The van der Waals surface area contributed by atoms with Crippen LogP contribution in [-0.2, 0) is 4.74 Å². The van der Waals surface area contributed by atoms with Gasteiger partial charge in [-0.05, 0) is 6.92 Å². The van der Waals surface area contributed by atoms with Crippen LogP contribution in [0.2, 0.25) is 0 Å². The molecule has 2 nitrogen and oxygen atoms in total. The molecule has 0 aromatic rings. The summed E-state index contributed by atoms with van der Waals surface area (Å²) < 4.78 is 4.71. The van der Waals surface area contributed by atoms with Crippen LogP contribution < -0.4 is 5.40 Å². The van der Waals surface area contributed by atoms with Gasteiger partial charge < -0.3 is 10.1 Å². The van der Waals surface area contributed by atoms with Crippen LogP contribution in [0.25, 0.3) is 0 Å². The summed E-state index contributed by atoms with van der Waals surface area (Å²) in [6, 6.07) is 0. The molecule has 0 radical (unpaired) electrons. The van der Waals surface area contributed by atoms with Gasteiger partial charge in [-0.2, -0.15) is 0 Å². The predicted molar refractivity (Wildman–Crippen MR) is 29.5 cm³/mol. The van der Waals surface area contributed by atoms with E-state index in [1.165, 1.54) is 0 Å². The fraction of sp³-hybridized carbons (Fsp3) is 1.00. The summed E-state index contributed by atoms with van der Waals surface area (Å²) in [7, 11) is 0.806. The standard InChI is InChI=1S/C3H6O.H5NSi/c1-3-2-4-3;1-2/h3H,2H2,1H3;1H2,2H3.